The molecule has 3 amide bonds. The quantitative estimate of drug-likeness (QED) is 0.705. The van der Waals surface area contributed by atoms with Crippen molar-refractivity contribution in [2.24, 2.45) is 0 Å². The van der Waals surface area contributed by atoms with Crippen LogP contribution in [0.5, 0.6) is 0 Å². The third-order valence-electron chi connectivity index (χ3n) is 6.41. The Labute approximate surface area is 172 Å². The van der Waals surface area contributed by atoms with Gasteiger partial charge in [0, 0.05) is 24.1 Å². The van der Waals surface area contributed by atoms with E-state index in [1.54, 1.807) is 0 Å². The molecule has 1 unspecified atom stereocenters. The van der Waals surface area contributed by atoms with Crippen molar-refractivity contribution in [3.05, 3.63) is 65.2 Å². The maximum atomic E-state index is 12.6. The minimum Gasteiger partial charge on any atom is -0.337 e. The third kappa shape index (κ3) is 4.29. The average Bonchev–Trinajstić information content (AvgIpc) is 3.23. The second-order valence-corrected chi connectivity index (χ2v) is 8.37. The monoisotopic (exact) mass is 391 g/mol. The highest BCUT2D eigenvalue weighted by Crippen LogP contribution is 2.40. The number of urea groups is 1. The van der Waals surface area contributed by atoms with Gasteiger partial charge in [0.2, 0.25) is 5.91 Å². The van der Waals surface area contributed by atoms with Gasteiger partial charge in [0.1, 0.15) is 0 Å². The van der Waals surface area contributed by atoms with E-state index >= 15 is 0 Å². The first-order valence-electron chi connectivity index (χ1n) is 10.6. The number of hydrogen-bond acceptors (Lipinski definition) is 2. The Morgan fingerprint density at radius 1 is 1.10 bits per heavy atom. The molecule has 2 aromatic carbocycles. The van der Waals surface area contributed by atoms with E-state index in [2.05, 4.69) is 46.3 Å². The third-order valence-corrected chi connectivity index (χ3v) is 6.41. The first kappa shape index (κ1) is 19.5. The molecule has 0 saturated heterocycles. The lowest BCUT2D eigenvalue weighted by Gasteiger charge is -2.30. The van der Waals surface area contributed by atoms with Crippen molar-refractivity contribution in [3.8, 4) is 0 Å². The van der Waals surface area contributed by atoms with Crippen LogP contribution in [0.3, 0.4) is 0 Å². The Bertz CT molecular complexity index is 888. The molecule has 29 heavy (non-hydrogen) atoms. The molecule has 1 aliphatic carbocycles. The largest absolute Gasteiger partial charge is 0.337 e. The van der Waals surface area contributed by atoms with Crippen LogP contribution in [0, 0.1) is 0 Å². The van der Waals surface area contributed by atoms with Crippen molar-refractivity contribution in [1.29, 1.82) is 0 Å². The molecular weight excluding hydrogens is 362 g/mol. The van der Waals surface area contributed by atoms with Gasteiger partial charge < -0.3 is 16.0 Å². The Morgan fingerprint density at radius 3 is 2.62 bits per heavy atom. The number of anilines is 1. The van der Waals surface area contributed by atoms with Gasteiger partial charge in [0.15, 0.2) is 0 Å². The van der Waals surface area contributed by atoms with Gasteiger partial charge in [-0.25, -0.2) is 4.79 Å². The lowest BCUT2D eigenvalue weighted by atomic mass is 9.79. The first-order chi connectivity index (χ1) is 14.1. The van der Waals surface area contributed by atoms with Crippen LogP contribution in [-0.2, 0) is 16.6 Å². The second-order valence-electron chi connectivity index (χ2n) is 8.37. The standard InChI is InChI=1S/C24H29N3O2/c1-17(18-9-11-21-19(15-18)10-12-22(28)27-21)26-23(29)25-16-24(13-5-6-14-24)20-7-3-2-4-8-20/h2-4,7-9,11,15,17H,5-6,10,12-14,16H2,1H3,(H,27,28)(H2,25,26,29). The summed E-state index contributed by atoms with van der Waals surface area (Å²) in [4.78, 5) is 24.1. The maximum Gasteiger partial charge on any atom is 0.315 e. The number of amides is 3. The van der Waals surface area contributed by atoms with Crippen LogP contribution < -0.4 is 16.0 Å². The molecule has 0 bridgehead atoms. The molecule has 152 valence electrons. The zero-order valence-electron chi connectivity index (χ0n) is 17.0. The van der Waals surface area contributed by atoms with E-state index in [4.69, 9.17) is 0 Å². The second kappa shape index (κ2) is 8.27. The van der Waals surface area contributed by atoms with Gasteiger partial charge in [0.25, 0.3) is 0 Å². The predicted octanol–water partition coefficient (Wildman–Crippen LogP) is 4.44. The highest BCUT2D eigenvalue weighted by molar-refractivity contribution is 5.93. The predicted molar refractivity (Wildman–Crippen MR) is 115 cm³/mol. The SMILES string of the molecule is CC(NC(=O)NCC1(c2ccccc2)CCCC1)c1ccc2c(c1)CCC(=O)N2. The lowest BCUT2D eigenvalue weighted by molar-refractivity contribution is -0.116. The molecule has 5 heteroatoms. The molecule has 0 radical (unpaired) electrons. The van der Waals surface area contributed by atoms with Crippen LogP contribution in [0.25, 0.3) is 0 Å². The summed E-state index contributed by atoms with van der Waals surface area (Å²) in [6, 6.07) is 16.3. The minimum absolute atomic E-state index is 0.0475. The van der Waals surface area contributed by atoms with Gasteiger partial charge in [-0.15, -0.1) is 0 Å². The molecule has 1 atom stereocenters. The summed E-state index contributed by atoms with van der Waals surface area (Å²) in [7, 11) is 0. The molecular formula is C24H29N3O2. The molecule has 1 heterocycles. The number of carbonyl (C=O) groups is 2. The van der Waals surface area contributed by atoms with Gasteiger partial charge in [0.05, 0.1) is 6.04 Å². The summed E-state index contributed by atoms with van der Waals surface area (Å²) in [5.74, 6) is 0.0649. The van der Waals surface area contributed by atoms with Crippen LogP contribution in [0.4, 0.5) is 10.5 Å². The van der Waals surface area contributed by atoms with Crippen LogP contribution in [0.15, 0.2) is 48.5 Å². The highest BCUT2D eigenvalue weighted by atomic mass is 16.2. The molecule has 5 nitrogen and oxygen atoms in total. The Morgan fingerprint density at radius 2 is 1.86 bits per heavy atom. The number of nitrogens with one attached hydrogen (secondary N) is 3. The summed E-state index contributed by atoms with van der Waals surface area (Å²) in [6.07, 6.45) is 5.90. The van der Waals surface area contributed by atoms with Crippen molar-refractivity contribution >= 4 is 17.6 Å². The van der Waals surface area contributed by atoms with Crippen molar-refractivity contribution in [2.45, 2.75) is 56.9 Å². The highest BCUT2D eigenvalue weighted by Gasteiger charge is 2.35. The Hall–Kier alpha value is -2.82. The lowest BCUT2D eigenvalue weighted by Crippen LogP contribution is -2.44. The summed E-state index contributed by atoms with van der Waals surface area (Å²) < 4.78 is 0. The Balaban J connectivity index is 1.37. The molecule has 3 N–H and O–H groups in total. The number of rotatable bonds is 5. The van der Waals surface area contributed by atoms with Crippen LogP contribution in [0.1, 0.15) is 61.8 Å². The van der Waals surface area contributed by atoms with Crippen molar-refractivity contribution in [1.82, 2.24) is 10.6 Å². The summed E-state index contributed by atoms with van der Waals surface area (Å²) in [5, 5.41) is 9.09. The van der Waals surface area contributed by atoms with E-state index in [1.807, 2.05) is 25.1 Å². The zero-order chi connectivity index (χ0) is 20.3. The maximum absolute atomic E-state index is 12.6. The topological polar surface area (TPSA) is 70.2 Å². The normalized spacial score (nSPS) is 18.4. The van der Waals surface area contributed by atoms with E-state index in [0.717, 1.165) is 36.1 Å². The van der Waals surface area contributed by atoms with E-state index < -0.39 is 0 Å². The summed E-state index contributed by atoms with van der Waals surface area (Å²) in [5.41, 5.74) is 4.43. The molecule has 1 aliphatic heterocycles. The summed E-state index contributed by atoms with van der Waals surface area (Å²) in [6.45, 7) is 2.65. The number of carbonyl (C=O) groups excluding carboxylic acids is 2. The molecule has 2 aromatic rings. The number of hydrogen-bond donors (Lipinski definition) is 3. The summed E-state index contributed by atoms with van der Waals surface area (Å²) >= 11 is 0. The van der Waals surface area contributed by atoms with Crippen molar-refractivity contribution in [2.75, 3.05) is 11.9 Å². The average molecular weight is 392 g/mol. The van der Waals surface area contributed by atoms with Gasteiger partial charge in [-0.05, 0) is 48.9 Å². The molecule has 1 fully saturated rings. The van der Waals surface area contributed by atoms with E-state index in [9.17, 15) is 9.59 Å². The van der Waals surface area contributed by atoms with E-state index in [1.165, 1.54) is 18.4 Å². The fourth-order valence-corrected chi connectivity index (χ4v) is 4.66. The number of aryl methyl sites for hydroxylation is 1. The number of fused-ring (bicyclic) bond motifs is 1. The minimum atomic E-state index is -0.134. The smallest absolute Gasteiger partial charge is 0.315 e. The first-order valence-corrected chi connectivity index (χ1v) is 10.6. The zero-order valence-corrected chi connectivity index (χ0v) is 17.0. The van der Waals surface area contributed by atoms with Gasteiger partial charge in [-0.3, -0.25) is 4.79 Å². The fourth-order valence-electron chi connectivity index (χ4n) is 4.66. The molecule has 0 aromatic heterocycles. The molecule has 2 aliphatic rings. The molecule has 1 saturated carbocycles. The van der Waals surface area contributed by atoms with Crippen molar-refractivity contribution in [3.63, 3.8) is 0 Å². The number of benzene rings is 2. The molecule has 0 spiro atoms. The van der Waals surface area contributed by atoms with Crippen molar-refractivity contribution < 1.29 is 9.59 Å². The van der Waals surface area contributed by atoms with Crippen LogP contribution >= 0.6 is 0 Å². The van der Waals surface area contributed by atoms with Gasteiger partial charge >= 0.3 is 6.03 Å². The Kier molecular flexibility index (Phi) is 5.56. The van der Waals surface area contributed by atoms with Gasteiger partial charge in [-0.2, -0.15) is 0 Å². The van der Waals surface area contributed by atoms with Crippen LogP contribution in [-0.4, -0.2) is 18.5 Å². The van der Waals surface area contributed by atoms with E-state index in [0.29, 0.717) is 13.0 Å². The van der Waals surface area contributed by atoms with Gasteiger partial charge in [-0.1, -0.05) is 55.3 Å². The van der Waals surface area contributed by atoms with Crippen LogP contribution in [0.2, 0.25) is 0 Å². The fraction of sp³-hybridized carbons (Fsp3) is 0.417. The van der Waals surface area contributed by atoms with E-state index in [-0.39, 0.29) is 23.4 Å². The molecule has 4 rings (SSSR count).